The Bertz CT molecular complexity index is 871. The molecule has 3 N–H and O–H groups in total. The molecular formula is C26H40F2N4O5. The van der Waals surface area contributed by atoms with Gasteiger partial charge in [-0.3, -0.25) is 0 Å². The van der Waals surface area contributed by atoms with Crippen LogP contribution in [0.1, 0.15) is 43.8 Å². The minimum Gasteiger partial charge on any atom is -0.453 e. The number of hydrogen-bond donors (Lipinski definition) is 3. The van der Waals surface area contributed by atoms with Crippen molar-refractivity contribution in [2.24, 2.45) is 11.8 Å². The molecule has 2 fully saturated rings. The molecule has 9 nitrogen and oxygen atoms in total. The summed E-state index contributed by atoms with van der Waals surface area (Å²) in [6.07, 6.45) is 2.88. The highest BCUT2D eigenvalue weighted by Gasteiger charge is 2.34. The highest BCUT2D eigenvalue weighted by atomic mass is 19.2. The van der Waals surface area contributed by atoms with Crippen LogP contribution < -0.4 is 16.0 Å². The normalized spacial score (nSPS) is 20.2. The first-order valence-corrected chi connectivity index (χ1v) is 13.1. The van der Waals surface area contributed by atoms with Gasteiger partial charge in [0.05, 0.1) is 19.8 Å². The number of halogens is 2. The van der Waals surface area contributed by atoms with Crippen LogP contribution in [0, 0.1) is 23.5 Å². The molecule has 2 aliphatic heterocycles. The first kappa shape index (κ1) is 29.1. The van der Waals surface area contributed by atoms with Crippen molar-refractivity contribution in [2.45, 2.75) is 44.2 Å². The minimum absolute atomic E-state index is 0.0157. The summed E-state index contributed by atoms with van der Waals surface area (Å²) in [6, 6.07) is 3.84. The van der Waals surface area contributed by atoms with Gasteiger partial charge in [-0.05, 0) is 51.1 Å². The number of urea groups is 1. The van der Waals surface area contributed by atoms with Crippen molar-refractivity contribution in [3.63, 3.8) is 0 Å². The topological polar surface area (TPSA) is 101 Å². The van der Waals surface area contributed by atoms with E-state index in [2.05, 4.69) is 20.7 Å². The summed E-state index contributed by atoms with van der Waals surface area (Å²) in [4.78, 5) is 26.3. The van der Waals surface area contributed by atoms with Crippen molar-refractivity contribution in [3.8, 4) is 0 Å². The van der Waals surface area contributed by atoms with Gasteiger partial charge < -0.3 is 35.1 Å². The monoisotopic (exact) mass is 526 g/mol. The summed E-state index contributed by atoms with van der Waals surface area (Å²) < 4.78 is 44.8. The maximum Gasteiger partial charge on any atom is 0.406 e. The van der Waals surface area contributed by atoms with E-state index in [1.165, 1.54) is 19.2 Å². The molecule has 0 saturated carbocycles. The van der Waals surface area contributed by atoms with Gasteiger partial charge in [-0.2, -0.15) is 0 Å². The molecule has 3 unspecified atom stereocenters. The number of likely N-dealkylation sites (N-methyl/N-ethyl adjacent to an activating group) is 1. The van der Waals surface area contributed by atoms with Crippen molar-refractivity contribution in [1.82, 2.24) is 20.9 Å². The highest BCUT2D eigenvalue weighted by Crippen LogP contribution is 2.35. The Labute approximate surface area is 217 Å². The molecule has 0 radical (unpaired) electrons. The molecule has 2 aliphatic rings. The third-order valence-corrected chi connectivity index (χ3v) is 7.05. The van der Waals surface area contributed by atoms with Crippen LogP contribution in [0.15, 0.2) is 18.2 Å². The Morgan fingerprint density at radius 1 is 1.22 bits per heavy atom. The van der Waals surface area contributed by atoms with Gasteiger partial charge in [0.25, 0.3) is 0 Å². The lowest BCUT2D eigenvalue weighted by Crippen LogP contribution is -2.52. The van der Waals surface area contributed by atoms with Crippen LogP contribution >= 0.6 is 0 Å². The van der Waals surface area contributed by atoms with Crippen LogP contribution in [0.3, 0.4) is 0 Å². The zero-order valence-corrected chi connectivity index (χ0v) is 21.8. The maximum atomic E-state index is 14.8. The van der Waals surface area contributed by atoms with Crippen LogP contribution in [-0.2, 0) is 14.2 Å². The molecule has 37 heavy (non-hydrogen) atoms. The molecule has 2 heterocycles. The molecule has 3 atom stereocenters. The van der Waals surface area contributed by atoms with E-state index < -0.39 is 23.8 Å². The molecule has 1 aromatic carbocycles. The second kappa shape index (κ2) is 15.0. The molecule has 0 bridgehead atoms. The van der Waals surface area contributed by atoms with Crippen molar-refractivity contribution < 1.29 is 32.6 Å². The molecule has 0 spiro atoms. The van der Waals surface area contributed by atoms with Gasteiger partial charge in [0, 0.05) is 56.9 Å². The van der Waals surface area contributed by atoms with Gasteiger partial charge in [0.2, 0.25) is 0 Å². The highest BCUT2D eigenvalue weighted by molar-refractivity contribution is 5.74. The zero-order chi connectivity index (χ0) is 26.6. The molecule has 208 valence electrons. The lowest BCUT2D eigenvalue weighted by atomic mass is 9.88. The third-order valence-electron chi connectivity index (χ3n) is 7.05. The smallest absolute Gasteiger partial charge is 0.406 e. The number of carbonyl (C=O) groups is 2. The van der Waals surface area contributed by atoms with Crippen LogP contribution in [0.4, 0.5) is 18.4 Å². The van der Waals surface area contributed by atoms with Gasteiger partial charge in [-0.15, -0.1) is 0 Å². The molecule has 3 rings (SSSR count). The summed E-state index contributed by atoms with van der Waals surface area (Å²) >= 11 is 0. The van der Waals surface area contributed by atoms with E-state index >= 15 is 0 Å². The van der Waals surface area contributed by atoms with Crippen molar-refractivity contribution in [1.29, 1.82) is 0 Å². The first-order chi connectivity index (χ1) is 17.9. The van der Waals surface area contributed by atoms with Crippen molar-refractivity contribution in [2.75, 3.05) is 60.2 Å². The van der Waals surface area contributed by atoms with Gasteiger partial charge in [0.15, 0.2) is 11.6 Å². The van der Waals surface area contributed by atoms with Gasteiger partial charge >= 0.3 is 12.1 Å². The van der Waals surface area contributed by atoms with E-state index in [-0.39, 0.29) is 36.7 Å². The number of ether oxygens (including phenoxy) is 3. The first-order valence-electron chi connectivity index (χ1n) is 13.1. The van der Waals surface area contributed by atoms with Crippen LogP contribution in [0.25, 0.3) is 0 Å². The molecule has 0 aliphatic carbocycles. The van der Waals surface area contributed by atoms with E-state index in [1.807, 2.05) is 7.05 Å². The van der Waals surface area contributed by atoms with Crippen LogP contribution in [0.5, 0.6) is 0 Å². The van der Waals surface area contributed by atoms with E-state index in [0.29, 0.717) is 38.4 Å². The summed E-state index contributed by atoms with van der Waals surface area (Å²) in [5, 5.41) is 8.86. The summed E-state index contributed by atoms with van der Waals surface area (Å²) in [6.45, 7) is 3.32. The number of carbonyl (C=O) groups excluding carboxylic acids is 2. The lowest BCUT2D eigenvalue weighted by molar-refractivity contribution is -0.0110. The van der Waals surface area contributed by atoms with Gasteiger partial charge in [-0.25, -0.2) is 18.4 Å². The molecule has 1 aromatic rings. The molecule has 11 heteroatoms. The minimum atomic E-state index is -0.958. The predicted octanol–water partition coefficient (Wildman–Crippen LogP) is 3.20. The Morgan fingerprint density at radius 2 is 2.00 bits per heavy atom. The van der Waals surface area contributed by atoms with E-state index in [1.54, 1.807) is 4.90 Å². The van der Waals surface area contributed by atoms with Crippen molar-refractivity contribution in [3.05, 3.63) is 35.4 Å². The average Bonchev–Trinajstić information content (AvgIpc) is 2.91. The fraction of sp³-hybridized carbons (Fsp3) is 0.692. The Kier molecular flexibility index (Phi) is 11.8. The van der Waals surface area contributed by atoms with Crippen LogP contribution in [0.2, 0.25) is 0 Å². The number of amides is 3. The maximum absolute atomic E-state index is 14.8. The molecular weight excluding hydrogens is 486 g/mol. The quantitative estimate of drug-likeness (QED) is 0.383. The van der Waals surface area contributed by atoms with E-state index in [4.69, 9.17) is 9.47 Å². The lowest BCUT2D eigenvalue weighted by Gasteiger charge is -2.38. The predicted molar refractivity (Wildman–Crippen MR) is 134 cm³/mol. The number of nitrogens with one attached hydrogen (secondary N) is 3. The summed E-state index contributed by atoms with van der Waals surface area (Å²) in [7, 11) is 3.12. The number of benzene rings is 1. The molecule has 3 amide bonds. The fourth-order valence-corrected chi connectivity index (χ4v) is 5.16. The van der Waals surface area contributed by atoms with Gasteiger partial charge in [-0.1, -0.05) is 12.1 Å². The van der Waals surface area contributed by atoms with E-state index in [0.717, 1.165) is 38.5 Å². The number of piperidine rings is 1. The third kappa shape index (κ3) is 8.79. The van der Waals surface area contributed by atoms with Crippen molar-refractivity contribution >= 4 is 12.1 Å². The number of hydrogen-bond acceptors (Lipinski definition) is 6. The summed E-state index contributed by atoms with van der Waals surface area (Å²) in [5.74, 6) is -1.64. The average molecular weight is 527 g/mol. The molecule has 0 aromatic heterocycles. The summed E-state index contributed by atoms with van der Waals surface area (Å²) in [5.41, 5.74) is 0.109. The van der Waals surface area contributed by atoms with E-state index in [9.17, 15) is 18.4 Å². The number of methoxy groups -OCH3 is 1. The standard InChI is InChI=1S/C26H40F2N4O5/c1-29-16-20(15-18-8-12-36-13-9-18)31-25(33)32-11-4-5-19(17-32)24(37-14-10-30-26(34)35-2)21-6-3-7-22(27)23(21)28/h3,6-7,18-20,24,29H,4-5,8-17H2,1-2H3,(H,30,34)(H,31,33). The zero-order valence-electron chi connectivity index (χ0n) is 21.8. The Hall–Kier alpha value is -2.50. The number of likely N-dealkylation sites (tertiary alicyclic amines) is 1. The number of rotatable bonds is 11. The van der Waals surface area contributed by atoms with Crippen LogP contribution in [-0.4, -0.2) is 83.2 Å². The largest absolute Gasteiger partial charge is 0.453 e. The van der Waals surface area contributed by atoms with Gasteiger partial charge in [0.1, 0.15) is 0 Å². The number of alkyl carbamates (subject to hydrolysis) is 1. The Morgan fingerprint density at radius 3 is 2.73 bits per heavy atom. The fourth-order valence-electron chi connectivity index (χ4n) is 5.16. The Balaban J connectivity index is 1.66. The molecule has 2 saturated heterocycles. The number of nitrogens with zero attached hydrogens (tertiary/aromatic N) is 1. The SMILES string of the molecule is CNCC(CC1CCOCC1)NC(=O)N1CCCC(C(OCCNC(=O)OC)c2cccc(F)c2F)C1. The second-order valence-electron chi connectivity index (χ2n) is 9.70. The second-order valence-corrected chi connectivity index (χ2v) is 9.70.